The zero-order valence-electron chi connectivity index (χ0n) is 17.4. The van der Waals surface area contributed by atoms with E-state index in [1.54, 1.807) is 36.4 Å². The highest BCUT2D eigenvalue weighted by atomic mass is 32.2. The molecule has 0 spiro atoms. The average molecular weight is 499 g/mol. The van der Waals surface area contributed by atoms with Crippen LogP contribution in [0.1, 0.15) is 33.3 Å². The maximum absolute atomic E-state index is 13.0. The molecule has 1 aliphatic rings. The number of nitrogens with zero attached hydrogens (tertiary/aromatic N) is 2. The van der Waals surface area contributed by atoms with Gasteiger partial charge < -0.3 is 5.32 Å². The number of carbonyl (C=O) groups is 2. The first-order chi connectivity index (χ1) is 15.8. The largest absolute Gasteiger partial charge is 0.301 e. The normalized spacial score (nSPS) is 15.4. The number of hydrogen-bond acceptors (Lipinski definition) is 8. The van der Waals surface area contributed by atoms with E-state index in [0.29, 0.717) is 44.6 Å². The first-order valence-corrected chi connectivity index (χ1v) is 13.6. The van der Waals surface area contributed by atoms with E-state index in [9.17, 15) is 18.0 Å². The lowest BCUT2D eigenvalue weighted by Gasteiger charge is -2.08. The van der Waals surface area contributed by atoms with Crippen molar-refractivity contribution in [1.29, 1.82) is 0 Å². The topological polar surface area (TPSA) is 118 Å². The van der Waals surface area contributed by atoms with Crippen LogP contribution >= 0.6 is 22.7 Å². The Labute approximate surface area is 197 Å². The van der Waals surface area contributed by atoms with Crippen LogP contribution in [0, 0.1) is 0 Å². The van der Waals surface area contributed by atoms with E-state index in [0.717, 1.165) is 11.1 Å². The van der Waals surface area contributed by atoms with Crippen molar-refractivity contribution in [2.45, 2.75) is 23.7 Å². The van der Waals surface area contributed by atoms with Gasteiger partial charge in [0.2, 0.25) is 5.91 Å². The van der Waals surface area contributed by atoms with Crippen LogP contribution in [0.4, 0.5) is 10.3 Å². The number of benzene rings is 2. The number of carbonyl (C=O) groups excluding carboxylic acids is 2. The molecule has 0 fully saturated rings. The lowest BCUT2D eigenvalue weighted by atomic mass is 10.1. The van der Waals surface area contributed by atoms with Gasteiger partial charge in [-0.25, -0.2) is 18.4 Å². The Morgan fingerprint density at radius 3 is 2.52 bits per heavy atom. The molecule has 8 nitrogen and oxygen atoms in total. The van der Waals surface area contributed by atoms with E-state index in [2.05, 4.69) is 20.6 Å². The molecule has 1 aliphatic carbocycles. The van der Waals surface area contributed by atoms with Gasteiger partial charge in [-0.2, -0.15) is 0 Å². The Balaban J connectivity index is 1.31. The Hall–Kier alpha value is -3.15. The molecule has 2 N–H and O–H groups in total. The second kappa shape index (κ2) is 8.32. The number of fused-ring (bicyclic) bond motifs is 2. The number of thiazole rings is 2. The van der Waals surface area contributed by atoms with Gasteiger partial charge in [-0.1, -0.05) is 29.5 Å². The van der Waals surface area contributed by atoms with Crippen molar-refractivity contribution >= 4 is 64.8 Å². The number of aromatic nitrogens is 2. The average Bonchev–Trinajstić information content (AvgIpc) is 3.46. The number of sulfone groups is 1. The van der Waals surface area contributed by atoms with Crippen LogP contribution in [0.25, 0.3) is 10.2 Å². The molecule has 1 unspecified atom stereocenters. The maximum Gasteiger partial charge on any atom is 0.257 e. The van der Waals surface area contributed by atoms with E-state index in [1.807, 2.05) is 6.07 Å². The van der Waals surface area contributed by atoms with Gasteiger partial charge in [0.1, 0.15) is 0 Å². The second-order valence-corrected chi connectivity index (χ2v) is 11.8. The zero-order valence-corrected chi connectivity index (χ0v) is 19.8. The van der Waals surface area contributed by atoms with Crippen molar-refractivity contribution in [3.8, 4) is 0 Å². The van der Waals surface area contributed by atoms with Crippen molar-refractivity contribution in [3.05, 3.63) is 64.7 Å². The highest BCUT2D eigenvalue weighted by Crippen LogP contribution is 2.39. The summed E-state index contributed by atoms with van der Waals surface area (Å²) in [7, 11) is -3.32. The molecular weight excluding hydrogens is 480 g/mol. The fourth-order valence-electron chi connectivity index (χ4n) is 3.68. The van der Waals surface area contributed by atoms with Crippen molar-refractivity contribution < 1.29 is 18.0 Å². The molecule has 0 saturated carbocycles. The summed E-state index contributed by atoms with van der Waals surface area (Å²) in [5.41, 5.74) is 1.84. The number of aryl methyl sites for hydroxylation is 1. The fourth-order valence-corrected chi connectivity index (χ4v) is 6.34. The van der Waals surface area contributed by atoms with E-state index < -0.39 is 15.8 Å². The second-order valence-electron chi connectivity index (χ2n) is 7.65. The van der Waals surface area contributed by atoms with Gasteiger partial charge in [0, 0.05) is 16.7 Å². The fraction of sp³-hybridized carbons (Fsp3) is 0.182. The molecule has 2 amide bonds. The van der Waals surface area contributed by atoms with Crippen LogP contribution in [0.2, 0.25) is 0 Å². The molecule has 2 aromatic heterocycles. The molecule has 11 heteroatoms. The Morgan fingerprint density at radius 1 is 1.00 bits per heavy atom. The summed E-state index contributed by atoms with van der Waals surface area (Å²) in [5, 5.41) is 6.53. The molecule has 0 bridgehead atoms. The van der Waals surface area contributed by atoms with E-state index >= 15 is 0 Å². The summed E-state index contributed by atoms with van der Waals surface area (Å²) in [6, 6.07) is 13.6. The van der Waals surface area contributed by atoms with Crippen molar-refractivity contribution in [2.24, 2.45) is 0 Å². The highest BCUT2D eigenvalue weighted by molar-refractivity contribution is 7.90. The lowest BCUT2D eigenvalue weighted by Crippen LogP contribution is -2.20. The van der Waals surface area contributed by atoms with Gasteiger partial charge in [-0.15, -0.1) is 11.3 Å². The van der Waals surface area contributed by atoms with Gasteiger partial charge in [0.05, 0.1) is 26.7 Å². The van der Waals surface area contributed by atoms with E-state index in [-0.39, 0.29) is 16.7 Å². The third kappa shape index (κ3) is 4.39. The molecule has 2 heterocycles. The summed E-state index contributed by atoms with van der Waals surface area (Å²) in [6.07, 6.45) is 2.50. The molecule has 1 atom stereocenters. The minimum atomic E-state index is -3.32. The molecule has 168 valence electrons. The molecule has 33 heavy (non-hydrogen) atoms. The van der Waals surface area contributed by atoms with Crippen LogP contribution < -0.4 is 10.6 Å². The molecule has 0 radical (unpaired) electrons. The smallest absolute Gasteiger partial charge is 0.257 e. The molecule has 4 aromatic rings. The predicted octanol–water partition coefficient (Wildman–Crippen LogP) is 4.08. The minimum absolute atomic E-state index is 0.213. The van der Waals surface area contributed by atoms with Crippen LogP contribution in [-0.2, 0) is 21.1 Å². The summed E-state index contributed by atoms with van der Waals surface area (Å²) in [4.78, 5) is 35.5. The Morgan fingerprint density at radius 2 is 1.76 bits per heavy atom. The Bertz CT molecular complexity index is 1490. The zero-order chi connectivity index (χ0) is 23.2. The van der Waals surface area contributed by atoms with Crippen LogP contribution in [0.3, 0.4) is 0 Å². The summed E-state index contributed by atoms with van der Waals surface area (Å²) in [5.74, 6) is -0.897. The van der Waals surface area contributed by atoms with E-state index in [4.69, 9.17) is 0 Å². The number of amides is 2. The number of hydrogen-bond donors (Lipinski definition) is 2. The van der Waals surface area contributed by atoms with Crippen molar-refractivity contribution in [2.75, 3.05) is 16.9 Å². The first kappa shape index (κ1) is 21.7. The predicted molar refractivity (Wildman–Crippen MR) is 129 cm³/mol. The summed E-state index contributed by atoms with van der Waals surface area (Å²) >= 11 is 2.61. The van der Waals surface area contributed by atoms with Crippen LogP contribution in [0.5, 0.6) is 0 Å². The van der Waals surface area contributed by atoms with Gasteiger partial charge in [-0.3, -0.25) is 14.9 Å². The molecule has 2 aromatic carbocycles. The third-order valence-electron chi connectivity index (χ3n) is 5.31. The minimum Gasteiger partial charge on any atom is -0.301 e. The number of rotatable bonds is 5. The standard InChI is InChI=1S/C22H18N4O4S3/c1-33(29,30)13-7-9-15-17(11-13)32-21(23-15)26-20(28)14-8-10-16-18(14)24-22(31-16)25-19(27)12-5-3-2-4-6-12/h2-7,9,11,14H,8,10H2,1H3,(H,23,26,28)(H,24,25,27). The quantitative estimate of drug-likeness (QED) is 0.428. The number of nitrogens with one attached hydrogen (secondary N) is 2. The van der Waals surface area contributed by atoms with Gasteiger partial charge >= 0.3 is 0 Å². The summed E-state index contributed by atoms with van der Waals surface area (Å²) in [6.45, 7) is 0. The SMILES string of the molecule is CS(=O)(=O)c1ccc2nc(NC(=O)C3CCc4sc(NC(=O)c5ccccc5)nc43)sc2c1. The highest BCUT2D eigenvalue weighted by Gasteiger charge is 2.33. The van der Waals surface area contributed by atoms with Gasteiger partial charge in [0.25, 0.3) is 5.91 Å². The monoisotopic (exact) mass is 498 g/mol. The van der Waals surface area contributed by atoms with Crippen molar-refractivity contribution in [3.63, 3.8) is 0 Å². The lowest BCUT2D eigenvalue weighted by molar-refractivity contribution is -0.117. The molecule has 0 saturated heterocycles. The Kier molecular flexibility index (Phi) is 5.47. The summed E-state index contributed by atoms with van der Waals surface area (Å²) < 4.78 is 24.2. The molecular formula is C22H18N4O4S3. The molecule has 0 aliphatic heterocycles. The maximum atomic E-state index is 13.0. The van der Waals surface area contributed by atoms with Crippen LogP contribution in [-0.4, -0.2) is 36.5 Å². The van der Waals surface area contributed by atoms with Crippen LogP contribution in [0.15, 0.2) is 53.4 Å². The van der Waals surface area contributed by atoms with Gasteiger partial charge in [-0.05, 0) is 43.2 Å². The number of anilines is 2. The first-order valence-electron chi connectivity index (χ1n) is 10.1. The van der Waals surface area contributed by atoms with E-state index in [1.165, 1.54) is 28.7 Å². The van der Waals surface area contributed by atoms with Crippen molar-refractivity contribution in [1.82, 2.24) is 9.97 Å². The molecule has 5 rings (SSSR count). The van der Waals surface area contributed by atoms with Gasteiger partial charge in [0.15, 0.2) is 20.1 Å². The third-order valence-corrected chi connectivity index (χ3v) is 8.40.